The molecule has 11 nitrogen and oxygen atoms in total. The van der Waals surface area contributed by atoms with Gasteiger partial charge in [-0.05, 0) is 0 Å². The van der Waals surface area contributed by atoms with Gasteiger partial charge in [0.2, 0.25) is 11.8 Å². The van der Waals surface area contributed by atoms with Crippen LogP contribution >= 0.6 is 0 Å². The van der Waals surface area contributed by atoms with Crippen molar-refractivity contribution in [1.29, 1.82) is 0 Å². The van der Waals surface area contributed by atoms with E-state index < -0.39 is 5.97 Å². The van der Waals surface area contributed by atoms with Gasteiger partial charge in [-0.1, -0.05) is 0 Å². The highest BCUT2D eigenvalue weighted by Gasteiger charge is 2.24. The zero-order valence-corrected chi connectivity index (χ0v) is 15.1. The van der Waals surface area contributed by atoms with E-state index in [2.05, 4.69) is 10.2 Å². The van der Waals surface area contributed by atoms with Crippen molar-refractivity contribution in [3.05, 3.63) is 23.5 Å². The molecule has 27 heavy (non-hydrogen) atoms. The maximum Gasteiger partial charge on any atom is 0.342 e. The summed E-state index contributed by atoms with van der Waals surface area (Å²) in [6, 6.07) is 0. The topological polar surface area (TPSA) is 121 Å². The summed E-state index contributed by atoms with van der Waals surface area (Å²) in [5, 5.41) is 17.8. The number of aryl methyl sites for hydroxylation is 2. The molecule has 0 fully saturated rings. The number of hydrogen-bond acceptors (Lipinski definition) is 7. The SMILES string of the molecule is CON(C)C(=O)c1cnn2c1OCCC2.O=C(O)c1cnn2c1OCCC2. The Balaban J connectivity index is 0.000000159. The average Bonchev–Trinajstić information content (AvgIpc) is 3.31. The third kappa shape index (κ3) is 3.87. The van der Waals surface area contributed by atoms with Crippen molar-refractivity contribution in [3.8, 4) is 11.8 Å². The molecule has 4 heterocycles. The normalized spacial score (nSPS) is 14.6. The zero-order valence-electron chi connectivity index (χ0n) is 15.1. The van der Waals surface area contributed by atoms with E-state index in [1.807, 2.05) is 0 Å². The van der Waals surface area contributed by atoms with Crippen LogP contribution in [0.2, 0.25) is 0 Å². The van der Waals surface area contributed by atoms with Gasteiger partial charge in [-0.15, -0.1) is 0 Å². The number of carbonyl (C=O) groups excluding carboxylic acids is 1. The molecule has 1 N–H and O–H groups in total. The lowest BCUT2D eigenvalue weighted by atomic mass is 10.3. The lowest BCUT2D eigenvalue weighted by Crippen LogP contribution is -2.26. The number of aromatic carboxylic acids is 1. The number of aromatic nitrogens is 4. The van der Waals surface area contributed by atoms with Crippen molar-refractivity contribution in [2.45, 2.75) is 25.9 Å². The highest BCUT2D eigenvalue weighted by molar-refractivity contribution is 5.95. The lowest BCUT2D eigenvalue weighted by molar-refractivity contribution is -0.0759. The summed E-state index contributed by atoms with van der Waals surface area (Å²) in [5.41, 5.74) is 0.591. The fourth-order valence-corrected chi connectivity index (χ4v) is 2.68. The quantitative estimate of drug-likeness (QED) is 0.772. The molecule has 2 aromatic rings. The van der Waals surface area contributed by atoms with Gasteiger partial charge in [0.25, 0.3) is 5.91 Å². The highest BCUT2D eigenvalue weighted by Crippen LogP contribution is 2.23. The number of carboxylic acids is 1. The number of ether oxygens (including phenoxy) is 2. The largest absolute Gasteiger partial charge is 0.477 e. The van der Waals surface area contributed by atoms with Gasteiger partial charge in [-0.2, -0.15) is 10.2 Å². The third-order valence-corrected chi connectivity index (χ3v) is 4.11. The molecule has 1 amide bonds. The summed E-state index contributed by atoms with van der Waals surface area (Å²) in [5.74, 6) is -0.317. The van der Waals surface area contributed by atoms with Crippen molar-refractivity contribution in [1.82, 2.24) is 24.6 Å². The second kappa shape index (κ2) is 8.08. The smallest absolute Gasteiger partial charge is 0.342 e. The van der Waals surface area contributed by atoms with Crippen molar-refractivity contribution in [2.24, 2.45) is 0 Å². The predicted molar refractivity (Wildman–Crippen MR) is 90.7 cm³/mol. The highest BCUT2D eigenvalue weighted by atomic mass is 16.7. The molecule has 0 aliphatic carbocycles. The van der Waals surface area contributed by atoms with Gasteiger partial charge in [0, 0.05) is 33.0 Å². The van der Waals surface area contributed by atoms with Crippen LogP contribution in [0.5, 0.6) is 11.8 Å². The number of amides is 1. The van der Waals surface area contributed by atoms with Crippen LogP contribution in [-0.4, -0.2) is 69.0 Å². The molecule has 2 aliphatic rings. The first-order valence-electron chi connectivity index (χ1n) is 8.45. The van der Waals surface area contributed by atoms with E-state index in [1.54, 1.807) is 16.4 Å². The number of rotatable bonds is 3. The standard InChI is InChI=1S/C9H13N3O3.C7H8N2O3/c1-11(14-2)8(13)7-6-10-12-4-3-5-15-9(7)12;10-7(11)5-4-8-9-2-1-3-12-6(5)9/h6H,3-5H2,1-2H3;4H,1-3H2,(H,10,11). The van der Waals surface area contributed by atoms with Gasteiger partial charge < -0.3 is 14.6 Å². The van der Waals surface area contributed by atoms with E-state index in [1.165, 1.54) is 19.5 Å². The Kier molecular flexibility index (Phi) is 5.60. The molecule has 11 heteroatoms. The van der Waals surface area contributed by atoms with Crippen LogP contribution in [0.1, 0.15) is 33.6 Å². The maximum atomic E-state index is 11.8. The molecule has 0 atom stereocenters. The summed E-state index contributed by atoms with van der Waals surface area (Å²) in [7, 11) is 2.99. The van der Waals surface area contributed by atoms with E-state index in [0.29, 0.717) is 30.5 Å². The summed E-state index contributed by atoms with van der Waals surface area (Å²) in [6.07, 6.45) is 4.64. The molecular weight excluding hydrogens is 358 g/mol. The van der Waals surface area contributed by atoms with Crippen molar-refractivity contribution in [2.75, 3.05) is 27.4 Å². The van der Waals surface area contributed by atoms with E-state index in [4.69, 9.17) is 19.4 Å². The molecule has 0 unspecified atom stereocenters. The molecule has 0 radical (unpaired) electrons. The van der Waals surface area contributed by atoms with Gasteiger partial charge in [0.15, 0.2) is 0 Å². The Bertz CT molecular complexity index is 829. The Morgan fingerprint density at radius 2 is 1.59 bits per heavy atom. The number of carboxylic acid groups (broad SMARTS) is 1. The molecule has 4 rings (SSSR count). The van der Waals surface area contributed by atoms with Gasteiger partial charge >= 0.3 is 5.97 Å². The number of hydroxylamine groups is 2. The van der Waals surface area contributed by atoms with Gasteiger partial charge in [-0.25, -0.2) is 19.2 Å². The predicted octanol–water partition coefficient (Wildman–Crippen LogP) is 0.663. The van der Waals surface area contributed by atoms with Crippen LogP contribution < -0.4 is 9.47 Å². The van der Waals surface area contributed by atoms with Crippen LogP contribution in [0, 0.1) is 0 Å². The first-order valence-corrected chi connectivity index (χ1v) is 8.45. The van der Waals surface area contributed by atoms with E-state index in [-0.39, 0.29) is 11.5 Å². The van der Waals surface area contributed by atoms with Gasteiger partial charge in [0.1, 0.15) is 11.1 Å². The minimum Gasteiger partial charge on any atom is -0.477 e. The van der Waals surface area contributed by atoms with Crippen LogP contribution in [0.15, 0.2) is 12.4 Å². The van der Waals surface area contributed by atoms with E-state index in [9.17, 15) is 9.59 Å². The third-order valence-electron chi connectivity index (χ3n) is 4.11. The summed E-state index contributed by atoms with van der Waals surface area (Å²) < 4.78 is 13.9. The Morgan fingerprint density at radius 3 is 2.11 bits per heavy atom. The number of carbonyl (C=O) groups is 2. The van der Waals surface area contributed by atoms with Gasteiger partial charge in [0.05, 0.1) is 32.7 Å². The Hall–Kier alpha value is -3.08. The zero-order chi connectivity index (χ0) is 19.4. The van der Waals surface area contributed by atoms with E-state index >= 15 is 0 Å². The van der Waals surface area contributed by atoms with Gasteiger partial charge in [-0.3, -0.25) is 9.63 Å². The number of nitrogens with zero attached hydrogens (tertiary/aromatic N) is 5. The first-order chi connectivity index (χ1) is 13.0. The molecule has 2 aliphatic heterocycles. The molecule has 0 saturated heterocycles. The first kappa shape index (κ1) is 18.7. The molecular formula is C16H21N5O6. The molecule has 146 valence electrons. The molecule has 0 bridgehead atoms. The molecule has 0 saturated carbocycles. The summed E-state index contributed by atoms with van der Waals surface area (Å²) >= 11 is 0. The van der Waals surface area contributed by atoms with Crippen molar-refractivity contribution >= 4 is 11.9 Å². The fraction of sp³-hybridized carbons (Fsp3) is 0.500. The van der Waals surface area contributed by atoms with Crippen LogP contribution in [0.25, 0.3) is 0 Å². The maximum absolute atomic E-state index is 11.8. The van der Waals surface area contributed by atoms with Crippen molar-refractivity contribution < 1.29 is 29.0 Å². The number of fused-ring (bicyclic) bond motifs is 2. The van der Waals surface area contributed by atoms with Crippen LogP contribution in [0.3, 0.4) is 0 Å². The van der Waals surface area contributed by atoms with E-state index in [0.717, 1.165) is 31.0 Å². The minimum absolute atomic E-state index is 0.148. The molecule has 2 aromatic heterocycles. The second-order valence-electron chi connectivity index (χ2n) is 5.87. The lowest BCUT2D eigenvalue weighted by Gasteiger charge is -2.17. The Labute approximate surface area is 155 Å². The molecule has 0 aromatic carbocycles. The average molecular weight is 379 g/mol. The van der Waals surface area contributed by atoms with Crippen LogP contribution in [-0.2, 0) is 17.9 Å². The summed E-state index contributed by atoms with van der Waals surface area (Å²) in [4.78, 5) is 27.2. The van der Waals surface area contributed by atoms with Crippen LogP contribution in [0.4, 0.5) is 0 Å². The number of hydrogen-bond donors (Lipinski definition) is 1. The summed E-state index contributed by atoms with van der Waals surface area (Å²) in [6.45, 7) is 2.73. The molecule has 0 spiro atoms. The minimum atomic E-state index is -0.988. The monoisotopic (exact) mass is 379 g/mol. The van der Waals surface area contributed by atoms with Crippen molar-refractivity contribution in [3.63, 3.8) is 0 Å². The fourth-order valence-electron chi connectivity index (χ4n) is 2.68. The second-order valence-corrected chi connectivity index (χ2v) is 5.87. The Morgan fingerprint density at radius 1 is 1.07 bits per heavy atom.